The third-order valence-corrected chi connectivity index (χ3v) is 4.25. The van der Waals surface area contributed by atoms with Gasteiger partial charge in [0.25, 0.3) is 0 Å². The Morgan fingerprint density at radius 2 is 2.30 bits per heavy atom. The van der Waals surface area contributed by atoms with Gasteiger partial charge in [0, 0.05) is 25.3 Å². The molecule has 4 heteroatoms. The topological polar surface area (TPSA) is 37.4 Å². The van der Waals surface area contributed by atoms with Gasteiger partial charge in [-0.2, -0.15) is 0 Å². The molecular formula is C16H25N3O. The molecule has 1 atom stereocenters. The zero-order chi connectivity index (χ0) is 13.9. The van der Waals surface area contributed by atoms with E-state index in [2.05, 4.69) is 30.1 Å². The molecule has 1 aromatic heterocycles. The Kier molecular flexibility index (Phi) is 4.22. The molecule has 110 valence electrons. The summed E-state index contributed by atoms with van der Waals surface area (Å²) >= 11 is 0. The normalized spacial score (nSPS) is 23.1. The van der Waals surface area contributed by atoms with Crippen molar-refractivity contribution in [1.82, 2.24) is 10.3 Å². The van der Waals surface area contributed by atoms with Gasteiger partial charge in [-0.05, 0) is 43.4 Å². The molecule has 0 aromatic carbocycles. The molecule has 4 nitrogen and oxygen atoms in total. The highest BCUT2D eigenvalue weighted by Crippen LogP contribution is 2.24. The Morgan fingerprint density at radius 1 is 1.45 bits per heavy atom. The van der Waals surface area contributed by atoms with Crippen LogP contribution in [0.15, 0.2) is 12.3 Å². The average molecular weight is 275 g/mol. The zero-order valence-corrected chi connectivity index (χ0v) is 12.6. The number of pyridine rings is 1. The Labute approximate surface area is 121 Å². The number of ether oxygens (including phenoxy) is 1. The number of aryl methyl sites for hydroxylation is 1. The standard InChI is InChI=1S/C16H25N3O/c1-3-15-11-20-7-6-19(15)16-12(2)8-13(10-18-16)9-17-14-4-5-14/h8,10,14-15,17H,3-7,9,11H2,1-2H3. The lowest BCUT2D eigenvalue weighted by Crippen LogP contribution is -2.46. The molecule has 20 heavy (non-hydrogen) atoms. The van der Waals surface area contributed by atoms with Crippen LogP contribution in [0.25, 0.3) is 0 Å². The molecule has 0 amide bonds. The summed E-state index contributed by atoms with van der Waals surface area (Å²) in [5.74, 6) is 1.13. The minimum absolute atomic E-state index is 0.463. The van der Waals surface area contributed by atoms with Crippen molar-refractivity contribution in [2.75, 3.05) is 24.7 Å². The van der Waals surface area contributed by atoms with Crippen molar-refractivity contribution >= 4 is 5.82 Å². The monoisotopic (exact) mass is 275 g/mol. The second kappa shape index (κ2) is 6.10. The summed E-state index contributed by atoms with van der Waals surface area (Å²) in [5, 5.41) is 3.55. The highest BCUT2D eigenvalue weighted by molar-refractivity contribution is 5.48. The van der Waals surface area contributed by atoms with Gasteiger partial charge in [0.15, 0.2) is 0 Å². The fraction of sp³-hybridized carbons (Fsp3) is 0.688. The van der Waals surface area contributed by atoms with Crippen molar-refractivity contribution in [2.24, 2.45) is 0 Å². The molecule has 1 saturated heterocycles. The summed E-state index contributed by atoms with van der Waals surface area (Å²) in [6.07, 6.45) is 5.79. The quantitative estimate of drug-likeness (QED) is 0.894. The van der Waals surface area contributed by atoms with Crippen LogP contribution in [-0.2, 0) is 11.3 Å². The maximum atomic E-state index is 5.58. The number of nitrogens with one attached hydrogen (secondary N) is 1. The van der Waals surface area contributed by atoms with Crippen LogP contribution in [0.5, 0.6) is 0 Å². The Morgan fingerprint density at radius 3 is 3.00 bits per heavy atom. The Hall–Kier alpha value is -1.13. The van der Waals surface area contributed by atoms with Gasteiger partial charge >= 0.3 is 0 Å². The number of morpholine rings is 1. The second-order valence-corrected chi connectivity index (χ2v) is 5.97. The number of rotatable bonds is 5. The summed E-state index contributed by atoms with van der Waals surface area (Å²) in [7, 11) is 0. The molecule has 1 unspecified atom stereocenters. The second-order valence-electron chi connectivity index (χ2n) is 5.97. The number of hydrogen-bond donors (Lipinski definition) is 1. The van der Waals surface area contributed by atoms with Crippen LogP contribution in [0.3, 0.4) is 0 Å². The molecule has 3 rings (SSSR count). The summed E-state index contributed by atoms with van der Waals surface area (Å²) in [4.78, 5) is 7.14. The number of aromatic nitrogens is 1. The van der Waals surface area contributed by atoms with E-state index in [4.69, 9.17) is 9.72 Å². The SMILES string of the molecule is CCC1COCCN1c1ncc(CNC2CC2)cc1C. The zero-order valence-electron chi connectivity index (χ0n) is 12.6. The smallest absolute Gasteiger partial charge is 0.131 e. The first kappa shape index (κ1) is 13.8. The summed E-state index contributed by atoms with van der Waals surface area (Å²) < 4.78 is 5.58. The third-order valence-electron chi connectivity index (χ3n) is 4.25. The van der Waals surface area contributed by atoms with Crippen LogP contribution in [-0.4, -0.2) is 36.8 Å². The lowest BCUT2D eigenvalue weighted by molar-refractivity contribution is 0.0925. The Bertz CT molecular complexity index is 459. The fourth-order valence-corrected chi connectivity index (χ4v) is 2.84. The van der Waals surface area contributed by atoms with Crippen molar-refractivity contribution in [2.45, 2.75) is 51.7 Å². The molecule has 1 aliphatic heterocycles. The number of anilines is 1. The Balaban J connectivity index is 1.71. The molecule has 0 radical (unpaired) electrons. The first-order valence-corrected chi connectivity index (χ1v) is 7.81. The maximum Gasteiger partial charge on any atom is 0.131 e. The number of hydrogen-bond acceptors (Lipinski definition) is 4. The third kappa shape index (κ3) is 3.13. The van der Waals surface area contributed by atoms with Crippen LogP contribution in [0, 0.1) is 6.92 Å². The summed E-state index contributed by atoms with van der Waals surface area (Å²) in [6, 6.07) is 3.49. The molecule has 2 fully saturated rings. The molecule has 1 aromatic rings. The highest BCUT2D eigenvalue weighted by Gasteiger charge is 2.24. The van der Waals surface area contributed by atoms with Crippen LogP contribution < -0.4 is 10.2 Å². The minimum atomic E-state index is 0.463. The van der Waals surface area contributed by atoms with E-state index in [1.807, 2.05) is 6.20 Å². The van der Waals surface area contributed by atoms with Crippen molar-refractivity contribution in [3.05, 3.63) is 23.4 Å². The lowest BCUT2D eigenvalue weighted by atomic mass is 10.1. The largest absolute Gasteiger partial charge is 0.377 e. The van der Waals surface area contributed by atoms with Gasteiger partial charge < -0.3 is 15.0 Å². The fourth-order valence-electron chi connectivity index (χ4n) is 2.84. The van der Waals surface area contributed by atoms with E-state index in [1.54, 1.807) is 0 Å². The maximum absolute atomic E-state index is 5.58. The van der Waals surface area contributed by atoms with Crippen LogP contribution >= 0.6 is 0 Å². The number of nitrogens with zero attached hydrogens (tertiary/aromatic N) is 2. The molecule has 1 saturated carbocycles. The highest BCUT2D eigenvalue weighted by atomic mass is 16.5. The molecule has 1 aliphatic carbocycles. The van der Waals surface area contributed by atoms with Gasteiger partial charge in [0.05, 0.1) is 19.3 Å². The van der Waals surface area contributed by atoms with Crippen molar-refractivity contribution in [1.29, 1.82) is 0 Å². The summed E-state index contributed by atoms with van der Waals surface area (Å²) in [5.41, 5.74) is 2.57. The molecule has 1 N–H and O–H groups in total. The molecular weight excluding hydrogens is 250 g/mol. The van der Waals surface area contributed by atoms with Gasteiger partial charge in [0.2, 0.25) is 0 Å². The minimum Gasteiger partial charge on any atom is -0.377 e. The lowest BCUT2D eigenvalue weighted by Gasteiger charge is -2.36. The van der Waals surface area contributed by atoms with Crippen LogP contribution in [0.2, 0.25) is 0 Å². The van der Waals surface area contributed by atoms with Crippen LogP contribution in [0.4, 0.5) is 5.82 Å². The molecule has 2 heterocycles. The molecule has 0 bridgehead atoms. The molecule has 2 aliphatic rings. The van der Waals surface area contributed by atoms with Gasteiger partial charge in [0.1, 0.15) is 5.82 Å². The predicted octanol–water partition coefficient (Wildman–Crippen LogP) is 2.26. The van der Waals surface area contributed by atoms with E-state index in [-0.39, 0.29) is 0 Å². The van der Waals surface area contributed by atoms with E-state index < -0.39 is 0 Å². The first-order valence-electron chi connectivity index (χ1n) is 7.81. The van der Waals surface area contributed by atoms with Crippen molar-refractivity contribution in [3.8, 4) is 0 Å². The van der Waals surface area contributed by atoms with Crippen LogP contribution in [0.1, 0.15) is 37.3 Å². The predicted molar refractivity (Wildman–Crippen MR) is 81.1 cm³/mol. The van der Waals surface area contributed by atoms with E-state index in [9.17, 15) is 0 Å². The summed E-state index contributed by atoms with van der Waals surface area (Å²) in [6.45, 7) is 7.91. The van der Waals surface area contributed by atoms with Crippen molar-refractivity contribution in [3.63, 3.8) is 0 Å². The van der Waals surface area contributed by atoms with E-state index in [0.717, 1.165) is 44.6 Å². The van der Waals surface area contributed by atoms with Crippen molar-refractivity contribution < 1.29 is 4.74 Å². The molecule has 0 spiro atoms. The van der Waals surface area contributed by atoms with E-state index >= 15 is 0 Å². The van der Waals surface area contributed by atoms with E-state index in [0.29, 0.717) is 6.04 Å². The van der Waals surface area contributed by atoms with Gasteiger partial charge in [-0.15, -0.1) is 0 Å². The van der Waals surface area contributed by atoms with Gasteiger partial charge in [-0.3, -0.25) is 0 Å². The average Bonchev–Trinajstić information content (AvgIpc) is 3.29. The van der Waals surface area contributed by atoms with Gasteiger partial charge in [-0.1, -0.05) is 6.92 Å². The van der Waals surface area contributed by atoms with E-state index in [1.165, 1.54) is 24.0 Å². The van der Waals surface area contributed by atoms with Gasteiger partial charge in [-0.25, -0.2) is 4.98 Å². The first-order chi connectivity index (χ1) is 9.78.